The van der Waals surface area contributed by atoms with Gasteiger partial charge in [-0.3, -0.25) is 14.2 Å². The number of pyridine rings is 1. The number of amides is 1. The lowest BCUT2D eigenvalue weighted by Crippen LogP contribution is -2.25. The van der Waals surface area contributed by atoms with E-state index in [4.69, 9.17) is 0 Å². The number of anilines is 1. The molecule has 0 aromatic carbocycles. The summed E-state index contributed by atoms with van der Waals surface area (Å²) in [5, 5.41) is 4.44. The van der Waals surface area contributed by atoms with E-state index in [1.807, 2.05) is 13.0 Å². The fourth-order valence-electron chi connectivity index (χ4n) is 1.53. The maximum Gasteiger partial charge on any atom is 0.307 e. The number of nitrogens with one attached hydrogen (secondary N) is 1. The third-order valence-corrected chi connectivity index (χ3v) is 3.43. The predicted molar refractivity (Wildman–Crippen MR) is 70.9 cm³/mol. The quantitative estimate of drug-likeness (QED) is 0.914. The Morgan fingerprint density at radius 2 is 2.28 bits per heavy atom. The van der Waals surface area contributed by atoms with Crippen molar-refractivity contribution >= 4 is 23.1 Å². The fraction of sp³-hybridized carbons (Fsp3) is 0.250. The largest absolute Gasteiger partial charge is 0.309 e. The van der Waals surface area contributed by atoms with E-state index in [0.29, 0.717) is 5.82 Å². The maximum atomic E-state index is 11.8. The molecule has 6 heteroatoms. The van der Waals surface area contributed by atoms with Gasteiger partial charge in [-0.1, -0.05) is 17.4 Å². The summed E-state index contributed by atoms with van der Waals surface area (Å²) in [7, 11) is 0. The number of aromatic nitrogens is 2. The monoisotopic (exact) mass is 263 g/mol. The van der Waals surface area contributed by atoms with Crippen LogP contribution in [0.2, 0.25) is 0 Å². The van der Waals surface area contributed by atoms with Crippen LogP contribution >= 0.6 is 11.3 Å². The van der Waals surface area contributed by atoms with Crippen molar-refractivity contribution in [2.75, 3.05) is 5.32 Å². The van der Waals surface area contributed by atoms with Crippen LogP contribution in [-0.2, 0) is 11.3 Å². The molecule has 94 valence electrons. The van der Waals surface area contributed by atoms with Gasteiger partial charge in [0.25, 0.3) is 0 Å². The molecule has 0 bridgehead atoms. The van der Waals surface area contributed by atoms with Gasteiger partial charge in [0, 0.05) is 17.3 Å². The SMILES string of the molecule is Cc1cccnc1NC(=O)Cn1c(C)csc1=O. The second kappa shape index (κ2) is 5.14. The molecule has 0 aliphatic heterocycles. The van der Waals surface area contributed by atoms with Crippen LogP contribution < -0.4 is 10.2 Å². The summed E-state index contributed by atoms with van der Waals surface area (Å²) in [6, 6.07) is 3.67. The Morgan fingerprint density at radius 1 is 1.50 bits per heavy atom. The Hall–Kier alpha value is -1.95. The van der Waals surface area contributed by atoms with E-state index in [1.165, 1.54) is 4.57 Å². The highest BCUT2D eigenvalue weighted by atomic mass is 32.1. The first kappa shape index (κ1) is 12.5. The van der Waals surface area contributed by atoms with Crippen molar-refractivity contribution in [3.05, 3.63) is 44.6 Å². The van der Waals surface area contributed by atoms with Gasteiger partial charge in [0.15, 0.2) is 0 Å². The molecule has 2 heterocycles. The molecule has 0 aliphatic rings. The van der Waals surface area contributed by atoms with E-state index >= 15 is 0 Å². The molecular formula is C12H13N3O2S. The fourth-order valence-corrected chi connectivity index (χ4v) is 2.26. The normalized spacial score (nSPS) is 10.3. The van der Waals surface area contributed by atoms with Crippen molar-refractivity contribution < 1.29 is 4.79 Å². The molecule has 0 saturated carbocycles. The molecule has 0 saturated heterocycles. The molecule has 5 nitrogen and oxygen atoms in total. The number of carbonyl (C=O) groups is 1. The molecular weight excluding hydrogens is 250 g/mol. The summed E-state index contributed by atoms with van der Waals surface area (Å²) in [6.07, 6.45) is 1.62. The van der Waals surface area contributed by atoms with Crippen LogP contribution in [0.15, 0.2) is 28.5 Å². The molecule has 1 amide bonds. The summed E-state index contributed by atoms with van der Waals surface area (Å²) < 4.78 is 1.44. The average Bonchev–Trinajstić information content (AvgIpc) is 2.64. The van der Waals surface area contributed by atoms with Crippen LogP contribution in [0.1, 0.15) is 11.3 Å². The second-order valence-corrected chi connectivity index (χ2v) is 4.77. The minimum atomic E-state index is -0.250. The number of rotatable bonds is 3. The third kappa shape index (κ3) is 2.65. The van der Waals surface area contributed by atoms with Gasteiger partial charge >= 0.3 is 4.87 Å². The van der Waals surface area contributed by atoms with E-state index in [2.05, 4.69) is 10.3 Å². The predicted octanol–water partition coefficient (Wildman–Crippen LogP) is 1.56. The lowest BCUT2D eigenvalue weighted by atomic mass is 10.3. The molecule has 0 unspecified atom stereocenters. The summed E-state index contributed by atoms with van der Waals surface area (Å²) in [5.74, 6) is 0.281. The number of carbonyl (C=O) groups excluding carboxylic acids is 1. The van der Waals surface area contributed by atoms with Gasteiger partial charge < -0.3 is 5.32 Å². The van der Waals surface area contributed by atoms with Crippen LogP contribution in [0, 0.1) is 13.8 Å². The zero-order valence-electron chi connectivity index (χ0n) is 10.1. The number of nitrogens with zero attached hydrogens (tertiary/aromatic N) is 2. The Bertz CT molecular complexity index is 630. The van der Waals surface area contributed by atoms with Crippen molar-refractivity contribution in [1.82, 2.24) is 9.55 Å². The molecule has 2 aromatic rings. The first-order valence-corrected chi connectivity index (χ1v) is 6.32. The average molecular weight is 263 g/mol. The second-order valence-electron chi connectivity index (χ2n) is 3.95. The minimum Gasteiger partial charge on any atom is -0.309 e. The number of aryl methyl sites for hydroxylation is 2. The molecule has 0 aliphatic carbocycles. The first-order valence-electron chi connectivity index (χ1n) is 5.44. The molecule has 18 heavy (non-hydrogen) atoms. The van der Waals surface area contributed by atoms with E-state index in [9.17, 15) is 9.59 Å². The standard InChI is InChI=1S/C12H13N3O2S/c1-8-4-3-5-13-11(8)14-10(16)6-15-9(2)7-18-12(15)17/h3-5,7H,6H2,1-2H3,(H,13,14,16). The highest BCUT2D eigenvalue weighted by Crippen LogP contribution is 2.09. The molecule has 0 fully saturated rings. The number of thiazole rings is 1. The van der Waals surface area contributed by atoms with Crippen molar-refractivity contribution in [3.8, 4) is 0 Å². The van der Waals surface area contributed by atoms with Crippen molar-refractivity contribution in [2.45, 2.75) is 20.4 Å². The van der Waals surface area contributed by atoms with Crippen molar-refractivity contribution in [3.63, 3.8) is 0 Å². The lowest BCUT2D eigenvalue weighted by molar-refractivity contribution is -0.116. The molecule has 2 aromatic heterocycles. The summed E-state index contributed by atoms with van der Waals surface area (Å²) in [6.45, 7) is 3.69. The van der Waals surface area contributed by atoms with E-state index < -0.39 is 0 Å². The maximum absolute atomic E-state index is 11.8. The van der Waals surface area contributed by atoms with Crippen LogP contribution in [0.5, 0.6) is 0 Å². The first-order chi connectivity index (χ1) is 8.58. The van der Waals surface area contributed by atoms with E-state index in [0.717, 1.165) is 22.6 Å². The molecule has 1 N–H and O–H groups in total. The molecule has 2 rings (SSSR count). The number of hydrogen-bond acceptors (Lipinski definition) is 4. The zero-order chi connectivity index (χ0) is 13.1. The van der Waals surface area contributed by atoms with E-state index in [1.54, 1.807) is 24.6 Å². The summed E-state index contributed by atoms with van der Waals surface area (Å²) in [5.41, 5.74) is 1.68. The lowest BCUT2D eigenvalue weighted by Gasteiger charge is -2.07. The van der Waals surface area contributed by atoms with Gasteiger partial charge in [-0.05, 0) is 25.5 Å². The third-order valence-electron chi connectivity index (χ3n) is 2.55. The summed E-state index contributed by atoms with van der Waals surface area (Å²) >= 11 is 1.09. The van der Waals surface area contributed by atoms with Gasteiger partial charge in [-0.2, -0.15) is 0 Å². The number of hydrogen-bond donors (Lipinski definition) is 1. The van der Waals surface area contributed by atoms with Crippen LogP contribution in [0.3, 0.4) is 0 Å². The smallest absolute Gasteiger partial charge is 0.307 e. The molecule has 0 radical (unpaired) electrons. The Morgan fingerprint density at radius 3 is 2.89 bits per heavy atom. The van der Waals surface area contributed by atoms with Gasteiger partial charge in [0.05, 0.1) is 0 Å². The Balaban J connectivity index is 2.11. The van der Waals surface area contributed by atoms with Crippen molar-refractivity contribution in [1.29, 1.82) is 0 Å². The van der Waals surface area contributed by atoms with Gasteiger partial charge in [-0.15, -0.1) is 0 Å². The van der Waals surface area contributed by atoms with Gasteiger partial charge in [0.1, 0.15) is 12.4 Å². The molecule has 0 atom stereocenters. The summed E-state index contributed by atoms with van der Waals surface area (Å²) in [4.78, 5) is 27.3. The Kier molecular flexibility index (Phi) is 3.57. The minimum absolute atomic E-state index is 0.0180. The topological polar surface area (TPSA) is 64.0 Å². The van der Waals surface area contributed by atoms with Crippen LogP contribution in [0.4, 0.5) is 5.82 Å². The van der Waals surface area contributed by atoms with Gasteiger partial charge in [-0.25, -0.2) is 4.98 Å². The molecule has 0 spiro atoms. The zero-order valence-corrected chi connectivity index (χ0v) is 11.0. The van der Waals surface area contributed by atoms with Crippen LogP contribution in [-0.4, -0.2) is 15.5 Å². The van der Waals surface area contributed by atoms with Gasteiger partial charge in [0.2, 0.25) is 5.91 Å². The van der Waals surface area contributed by atoms with Crippen LogP contribution in [0.25, 0.3) is 0 Å². The Labute approximate surface area is 108 Å². The van der Waals surface area contributed by atoms with E-state index in [-0.39, 0.29) is 17.3 Å². The van der Waals surface area contributed by atoms with Crippen molar-refractivity contribution in [2.24, 2.45) is 0 Å². The highest BCUT2D eigenvalue weighted by Gasteiger charge is 2.09. The highest BCUT2D eigenvalue weighted by molar-refractivity contribution is 7.07.